The lowest BCUT2D eigenvalue weighted by Crippen LogP contribution is -1.95. The topological polar surface area (TPSA) is 74.5 Å². The maximum absolute atomic E-state index is 8.14. The van der Waals surface area contributed by atoms with Gasteiger partial charge in [0.05, 0.1) is 16.7 Å². The van der Waals surface area contributed by atoms with E-state index in [0.29, 0.717) is 13.0 Å². The predicted molar refractivity (Wildman–Crippen MR) is 57.3 cm³/mol. The molecule has 1 heterocycles. The van der Waals surface area contributed by atoms with E-state index in [1.54, 1.807) is 6.20 Å². The molecule has 0 atom stereocenters. The van der Waals surface area contributed by atoms with Gasteiger partial charge >= 0.3 is 0 Å². The average molecular weight is 199 g/mol. The van der Waals surface area contributed by atoms with Gasteiger partial charge in [0.15, 0.2) is 0 Å². The van der Waals surface area contributed by atoms with Crippen LogP contribution in [0.3, 0.4) is 0 Å². The Hall–Kier alpha value is -2.13. The minimum Gasteiger partial charge on any atom is -0.253 e. The van der Waals surface area contributed by atoms with Crippen molar-refractivity contribution in [1.29, 1.82) is 0 Å². The Morgan fingerprint density at radius 2 is 2.07 bits per heavy atom. The molecular weight excluding hydrogens is 190 g/mol. The molecule has 1 aromatic carbocycles. The molecular formula is C10H9N5. The minimum absolute atomic E-state index is 0.420. The van der Waals surface area contributed by atoms with Crippen molar-refractivity contribution in [3.63, 3.8) is 0 Å². The summed E-state index contributed by atoms with van der Waals surface area (Å²) in [5.41, 5.74) is 10.7. The molecule has 0 N–H and O–H groups in total. The standard InChI is InChI=1S/C10H9N5/c11-15-13-6-5-8-7-12-9-3-1-2-4-10(9)14-8/h1-4,7H,5-6H2. The Morgan fingerprint density at radius 1 is 1.27 bits per heavy atom. The Kier molecular flexibility index (Phi) is 2.76. The molecule has 0 aliphatic rings. The Balaban J connectivity index is 2.26. The molecule has 5 nitrogen and oxygen atoms in total. The second kappa shape index (κ2) is 4.39. The number of hydrogen-bond donors (Lipinski definition) is 0. The van der Waals surface area contributed by atoms with Gasteiger partial charge in [0.25, 0.3) is 0 Å². The van der Waals surface area contributed by atoms with Gasteiger partial charge in [-0.25, -0.2) is 4.98 Å². The summed E-state index contributed by atoms with van der Waals surface area (Å²) in [7, 11) is 0. The lowest BCUT2D eigenvalue weighted by atomic mass is 10.2. The van der Waals surface area contributed by atoms with Crippen LogP contribution in [-0.2, 0) is 6.42 Å². The van der Waals surface area contributed by atoms with Crippen LogP contribution in [0, 0.1) is 0 Å². The summed E-state index contributed by atoms with van der Waals surface area (Å²) in [5, 5.41) is 3.46. The smallest absolute Gasteiger partial charge is 0.0890 e. The van der Waals surface area contributed by atoms with E-state index in [1.807, 2.05) is 24.3 Å². The van der Waals surface area contributed by atoms with Crippen molar-refractivity contribution in [1.82, 2.24) is 9.97 Å². The normalized spacial score (nSPS) is 9.87. The van der Waals surface area contributed by atoms with Gasteiger partial charge in [0.1, 0.15) is 0 Å². The van der Waals surface area contributed by atoms with Crippen LogP contribution in [0.25, 0.3) is 21.5 Å². The molecule has 0 spiro atoms. The predicted octanol–water partition coefficient (Wildman–Crippen LogP) is 2.48. The summed E-state index contributed by atoms with van der Waals surface area (Å²) in [5.74, 6) is 0. The molecule has 1 aromatic heterocycles. The summed E-state index contributed by atoms with van der Waals surface area (Å²) in [4.78, 5) is 11.4. The third-order valence-corrected chi connectivity index (χ3v) is 2.03. The van der Waals surface area contributed by atoms with Gasteiger partial charge in [0.2, 0.25) is 0 Å². The first-order valence-corrected chi connectivity index (χ1v) is 4.61. The van der Waals surface area contributed by atoms with Gasteiger partial charge in [-0.15, -0.1) is 0 Å². The number of aromatic nitrogens is 2. The van der Waals surface area contributed by atoms with E-state index in [1.165, 1.54) is 0 Å². The summed E-state index contributed by atoms with van der Waals surface area (Å²) < 4.78 is 0. The highest BCUT2D eigenvalue weighted by Crippen LogP contribution is 2.08. The largest absolute Gasteiger partial charge is 0.253 e. The highest BCUT2D eigenvalue weighted by Gasteiger charge is 1.97. The third-order valence-electron chi connectivity index (χ3n) is 2.03. The number of para-hydroxylation sites is 2. The summed E-state index contributed by atoms with van der Waals surface area (Å²) in [6, 6.07) is 7.68. The SMILES string of the molecule is [N-]=[N+]=NCCc1cnc2ccccc2n1. The van der Waals surface area contributed by atoms with E-state index >= 15 is 0 Å². The zero-order chi connectivity index (χ0) is 10.5. The van der Waals surface area contributed by atoms with Crippen LogP contribution in [0.4, 0.5) is 0 Å². The number of fused-ring (bicyclic) bond motifs is 1. The van der Waals surface area contributed by atoms with Crippen molar-refractivity contribution in [2.45, 2.75) is 6.42 Å². The van der Waals surface area contributed by atoms with E-state index in [0.717, 1.165) is 16.7 Å². The monoisotopic (exact) mass is 199 g/mol. The molecule has 15 heavy (non-hydrogen) atoms. The zero-order valence-electron chi connectivity index (χ0n) is 8.04. The van der Waals surface area contributed by atoms with Crippen molar-refractivity contribution < 1.29 is 0 Å². The van der Waals surface area contributed by atoms with Crippen LogP contribution in [-0.4, -0.2) is 16.5 Å². The molecule has 5 heteroatoms. The molecule has 0 saturated heterocycles. The second-order valence-electron chi connectivity index (χ2n) is 3.05. The van der Waals surface area contributed by atoms with Crippen molar-refractivity contribution in [3.8, 4) is 0 Å². The number of rotatable bonds is 3. The average Bonchev–Trinajstić information content (AvgIpc) is 2.29. The van der Waals surface area contributed by atoms with Gasteiger partial charge in [-0.2, -0.15) is 0 Å². The second-order valence-corrected chi connectivity index (χ2v) is 3.05. The maximum Gasteiger partial charge on any atom is 0.0890 e. The van der Waals surface area contributed by atoms with Crippen LogP contribution in [0.15, 0.2) is 35.6 Å². The van der Waals surface area contributed by atoms with E-state index in [4.69, 9.17) is 5.53 Å². The molecule has 2 aromatic rings. The first-order chi connectivity index (χ1) is 7.40. The van der Waals surface area contributed by atoms with Crippen molar-refractivity contribution in [3.05, 3.63) is 46.6 Å². The Bertz CT molecular complexity index is 516. The Labute approximate surface area is 86.4 Å². The fourth-order valence-electron chi connectivity index (χ4n) is 1.33. The number of benzene rings is 1. The van der Waals surface area contributed by atoms with Crippen LogP contribution >= 0.6 is 0 Å². The molecule has 2 rings (SSSR count). The summed E-state index contributed by atoms with van der Waals surface area (Å²) in [6.07, 6.45) is 2.34. The first-order valence-electron chi connectivity index (χ1n) is 4.61. The highest BCUT2D eigenvalue weighted by molar-refractivity contribution is 5.73. The van der Waals surface area contributed by atoms with E-state index in [9.17, 15) is 0 Å². The summed E-state index contributed by atoms with van der Waals surface area (Å²) in [6.45, 7) is 0.420. The van der Waals surface area contributed by atoms with Crippen molar-refractivity contribution in [2.24, 2.45) is 5.11 Å². The third kappa shape index (κ3) is 2.21. The van der Waals surface area contributed by atoms with E-state index in [-0.39, 0.29) is 0 Å². The molecule has 74 valence electrons. The molecule has 0 bridgehead atoms. The van der Waals surface area contributed by atoms with Crippen molar-refractivity contribution in [2.75, 3.05) is 6.54 Å². The molecule has 0 aliphatic carbocycles. The van der Waals surface area contributed by atoms with Gasteiger partial charge in [-0.1, -0.05) is 17.2 Å². The first kappa shape index (κ1) is 9.43. The molecule has 0 aliphatic heterocycles. The molecule has 0 amide bonds. The van der Waals surface area contributed by atoms with Crippen LogP contribution in [0.2, 0.25) is 0 Å². The fraction of sp³-hybridized carbons (Fsp3) is 0.200. The van der Waals surface area contributed by atoms with Gasteiger partial charge in [-0.3, -0.25) is 4.98 Å². The lowest BCUT2D eigenvalue weighted by molar-refractivity contribution is 0.913. The fourth-order valence-corrected chi connectivity index (χ4v) is 1.33. The number of nitrogens with zero attached hydrogens (tertiary/aromatic N) is 5. The van der Waals surface area contributed by atoms with Crippen LogP contribution in [0.1, 0.15) is 5.69 Å². The van der Waals surface area contributed by atoms with Crippen LogP contribution < -0.4 is 0 Å². The molecule has 0 saturated carbocycles. The van der Waals surface area contributed by atoms with E-state index in [2.05, 4.69) is 20.0 Å². The lowest BCUT2D eigenvalue weighted by Gasteiger charge is -1.99. The van der Waals surface area contributed by atoms with Gasteiger partial charge in [-0.05, 0) is 24.1 Å². The minimum atomic E-state index is 0.420. The number of azide groups is 1. The van der Waals surface area contributed by atoms with E-state index < -0.39 is 0 Å². The maximum atomic E-state index is 8.14. The van der Waals surface area contributed by atoms with Crippen molar-refractivity contribution >= 4 is 11.0 Å². The molecule has 0 fully saturated rings. The molecule has 0 radical (unpaired) electrons. The van der Waals surface area contributed by atoms with Crippen LogP contribution in [0.5, 0.6) is 0 Å². The highest BCUT2D eigenvalue weighted by atomic mass is 15.1. The number of hydrogen-bond acceptors (Lipinski definition) is 3. The van der Waals surface area contributed by atoms with Gasteiger partial charge in [0, 0.05) is 17.7 Å². The Morgan fingerprint density at radius 3 is 2.87 bits per heavy atom. The zero-order valence-corrected chi connectivity index (χ0v) is 8.04. The summed E-state index contributed by atoms with van der Waals surface area (Å²) >= 11 is 0. The quantitative estimate of drug-likeness (QED) is 0.432. The molecule has 0 unspecified atom stereocenters. The van der Waals surface area contributed by atoms with Gasteiger partial charge < -0.3 is 0 Å².